The SMILES string of the molecule is COc1cc(/C=C2\SC(=S)N(c3ccc(Br)cc3)C2=O)ccc1OC(F)F. The maximum Gasteiger partial charge on any atom is 0.387 e. The number of carbonyl (C=O) groups excluding carboxylic acids is 1. The first-order valence-electron chi connectivity index (χ1n) is 7.55. The van der Waals surface area contributed by atoms with Crippen LogP contribution in [0.5, 0.6) is 11.5 Å². The molecule has 0 aromatic heterocycles. The zero-order chi connectivity index (χ0) is 19.6. The summed E-state index contributed by atoms with van der Waals surface area (Å²) in [7, 11) is 1.35. The topological polar surface area (TPSA) is 38.8 Å². The van der Waals surface area contributed by atoms with Crippen LogP contribution < -0.4 is 14.4 Å². The quantitative estimate of drug-likeness (QED) is 0.427. The number of methoxy groups -OCH3 is 1. The molecule has 0 aliphatic carbocycles. The molecule has 0 N–H and O–H groups in total. The number of nitrogens with zero attached hydrogens (tertiary/aromatic N) is 1. The van der Waals surface area contributed by atoms with E-state index in [1.165, 1.54) is 35.9 Å². The number of alkyl halides is 2. The third-order valence-corrected chi connectivity index (χ3v) is 5.41. The van der Waals surface area contributed by atoms with Gasteiger partial charge in [-0.25, -0.2) is 0 Å². The molecule has 1 amide bonds. The van der Waals surface area contributed by atoms with Crippen LogP contribution in [0.15, 0.2) is 51.8 Å². The standard InChI is InChI=1S/C18H12BrF2NO3S2/c1-24-14-8-10(2-7-13(14)25-17(20)21)9-15-16(23)22(18(26)27-15)12-5-3-11(19)4-6-12/h2-9,17H,1H3/b15-9-. The second-order valence-corrected chi connectivity index (χ2v) is 7.87. The molecule has 4 nitrogen and oxygen atoms in total. The highest BCUT2D eigenvalue weighted by Crippen LogP contribution is 2.37. The Morgan fingerprint density at radius 2 is 1.89 bits per heavy atom. The van der Waals surface area contributed by atoms with E-state index in [1.807, 2.05) is 12.1 Å². The fourth-order valence-corrected chi connectivity index (χ4v) is 3.96. The minimum absolute atomic E-state index is 0.0768. The average Bonchev–Trinajstić information content (AvgIpc) is 2.90. The van der Waals surface area contributed by atoms with Gasteiger partial charge in [0.05, 0.1) is 17.7 Å². The van der Waals surface area contributed by atoms with Crippen molar-refractivity contribution in [2.45, 2.75) is 6.61 Å². The summed E-state index contributed by atoms with van der Waals surface area (Å²) in [5.74, 6) is -0.182. The summed E-state index contributed by atoms with van der Waals surface area (Å²) in [5, 5.41) is 0. The molecule has 0 radical (unpaired) electrons. The first-order chi connectivity index (χ1) is 12.9. The summed E-state index contributed by atoms with van der Waals surface area (Å²) < 4.78 is 35.6. The van der Waals surface area contributed by atoms with Crippen LogP contribution >= 0.6 is 39.9 Å². The van der Waals surface area contributed by atoms with E-state index in [1.54, 1.807) is 24.3 Å². The first-order valence-corrected chi connectivity index (χ1v) is 9.57. The lowest BCUT2D eigenvalue weighted by atomic mass is 10.2. The molecule has 2 aromatic rings. The van der Waals surface area contributed by atoms with Crippen molar-refractivity contribution < 1.29 is 23.0 Å². The summed E-state index contributed by atoms with van der Waals surface area (Å²) in [6, 6.07) is 11.7. The van der Waals surface area contributed by atoms with Gasteiger partial charge in [0.1, 0.15) is 0 Å². The van der Waals surface area contributed by atoms with Gasteiger partial charge in [0.2, 0.25) is 0 Å². The van der Waals surface area contributed by atoms with E-state index in [0.29, 0.717) is 20.5 Å². The van der Waals surface area contributed by atoms with E-state index in [-0.39, 0.29) is 17.4 Å². The summed E-state index contributed by atoms with van der Waals surface area (Å²) in [6.45, 7) is -2.95. The number of ether oxygens (including phenoxy) is 2. The molecule has 1 saturated heterocycles. The van der Waals surface area contributed by atoms with E-state index < -0.39 is 6.61 Å². The number of benzene rings is 2. The Balaban J connectivity index is 1.88. The third kappa shape index (κ3) is 4.48. The smallest absolute Gasteiger partial charge is 0.387 e. The highest BCUT2D eigenvalue weighted by molar-refractivity contribution is 9.10. The molecule has 0 saturated carbocycles. The molecule has 9 heteroatoms. The van der Waals surface area contributed by atoms with Gasteiger partial charge in [-0.1, -0.05) is 46.0 Å². The minimum Gasteiger partial charge on any atom is -0.493 e. The van der Waals surface area contributed by atoms with Crippen molar-refractivity contribution in [1.29, 1.82) is 0 Å². The van der Waals surface area contributed by atoms with Crippen LogP contribution in [0.4, 0.5) is 14.5 Å². The molecule has 0 unspecified atom stereocenters. The molecule has 27 heavy (non-hydrogen) atoms. The van der Waals surface area contributed by atoms with Gasteiger partial charge in [0.25, 0.3) is 5.91 Å². The largest absolute Gasteiger partial charge is 0.493 e. The van der Waals surface area contributed by atoms with Gasteiger partial charge in [-0.05, 0) is 48.0 Å². The Morgan fingerprint density at radius 1 is 1.19 bits per heavy atom. The fourth-order valence-electron chi connectivity index (χ4n) is 2.40. The summed E-state index contributed by atoms with van der Waals surface area (Å²) in [4.78, 5) is 14.6. The van der Waals surface area contributed by atoms with E-state index in [9.17, 15) is 13.6 Å². The Labute approximate surface area is 172 Å². The van der Waals surface area contributed by atoms with Gasteiger partial charge < -0.3 is 9.47 Å². The van der Waals surface area contributed by atoms with E-state index >= 15 is 0 Å². The first kappa shape index (κ1) is 19.8. The second-order valence-electron chi connectivity index (χ2n) is 5.28. The Bertz CT molecular complexity index is 919. The predicted molar refractivity (Wildman–Crippen MR) is 109 cm³/mol. The molecule has 140 valence electrons. The summed E-state index contributed by atoms with van der Waals surface area (Å²) in [5.41, 5.74) is 1.27. The van der Waals surface area contributed by atoms with Crippen molar-refractivity contribution in [1.82, 2.24) is 0 Å². The summed E-state index contributed by atoms with van der Waals surface area (Å²) >= 11 is 9.85. The lowest BCUT2D eigenvalue weighted by Gasteiger charge is -2.14. The summed E-state index contributed by atoms with van der Waals surface area (Å²) in [6.07, 6.45) is 1.63. The lowest BCUT2D eigenvalue weighted by Crippen LogP contribution is -2.27. The van der Waals surface area contributed by atoms with E-state index in [4.69, 9.17) is 17.0 Å². The minimum atomic E-state index is -2.95. The van der Waals surface area contributed by atoms with Gasteiger partial charge in [0, 0.05) is 4.47 Å². The molecule has 1 heterocycles. The molecule has 3 rings (SSSR count). The maximum atomic E-state index is 12.8. The number of hydrogen-bond acceptors (Lipinski definition) is 5. The fraction of sp³-hybridized carbons (Fsp3) is 0.111. The number of carbonyl (C=O) groups is 1. The number of thiocarbonyl (C=S) groups is 1. The molecule has 0 spiro atoms. The molecular weight excluding hydrogens is 460 g/mol. The maximum absolute atomic E-state index is 12.8. The third-order valence-electron chi connectivity index (χ3n) is 3.58. The van der Waals surface area contributed by atoms with Gasteiger partial charge in [0.15, 0.2) is 15.8 Å². The highest BCUT2D eigenvalue weighted by atomic mass is 79.9. The Kier molecular flexibility index (Phi) is 6.13. The van der Waals surface area contributed by atoms with Gasteiger partial charge in [-0.2, -0.15) is 8.78 Å². The van der Waals surface area contributed by atoms with Crippen LogP contribution in [-0.2, 0) is 4.79 Å². The Hall–Kier alpha value is -1.97. The monoisotopic (exact) mass is 471 g/mol. The lowest BCUT2D eigenvalue weighted by molar-refractivity contribution is -0.113. The molecule has 2 aromatic carbocycles. The van der Waals surface area contributed by atoms with Crippen LogP contribution in [0.2, 0.25) is 0 Å². The molecule has 1 fully saturated rings. The molecule has 0 bridgehead atoms. The van der Waals surface area contributed by atoms with Gasteiger partial charge >= 0.3 is 6.61 Å². The predicted octanol–water partition coefficient (Wildman–Crippen LogP) is 5.46. The number of anilines is 1. The van der Waals surface area contributed by atoms with Crippen molar-refractivity contribution >= 4 is 61.9 Å². The highest BCUT2D eigenvalue weighted by Gasteiger charge is 2.33. The van der Waals surface area contributed by atoms with Gasteiger partial charge in [-0.3, -0.25) is 9.69 Å². The van der Waals surface area contributed by atoms with Gasteiger partial charge in [-0.15, -0.1) is 0 Å². The van der Waals surface area contributed by atoms with Crippen molar-refractivity contribution in [3.63, 3.8) is 0 Å². The average molecular weight is 472 g/mol. The molecule has 1 aliphatic heterocycles. The zero-order valence-corrected chi connectivity index (χ0v) is 17.0. The second kappa shape index (κ2) is 8.37. The number of amides is 1. The van der Waals surface area contributed by atoms with Crippen LogP contribution in [0.1, 0.15) is 5.56 Å². The van der Waals surface area contributed by atoms with E-state index in [0.717, 1.165) is 4.47 Å². The zero-order valence-electron chi connectivity index (χ0n) is 13.8. The molecule has 0 atom stereocenters. The van der Waals surface area contributed by atoms with Crippen molar-refractivity contribution in [3.05, 3.63) is 57.4 Å². The number of halogens is 3. The van der Waals surface area contributed by atoms with Crippen LogP contribution in [0.3, 0.4) is 0 Å². The Morgan fingerprint density at radius 3 is 2.52 bits per heavy atom. The number of thioether (sulfide) groups is 1. The van der Waals surface area contributed by atoms with Crippen LogP contribution in [0, 0.1) is 0 Å². The molecular formula is C18H12BrF2NO3S2. The van der Waals surface area contributed by atoms with Crippen LogP contribution in [-0.4, -0.2) is 23.9 Å². The van der Waals surface area contributed by atoms with Crippen molar-refractivity contribution in [2.75, 3.05) is 12.0 Å². The number of hydrogen-bond donors (Lipinski definition) is 0. The van der Waals surface area contributed by atoms with Crippen LogP contribution in [0.25, 0.3) is 6.08 Å². The molecule has 1 aliphatic rings. The van der Waals surface area contributed by atoms with E-state index in [2.05, 4.69) is 20.7 Å². The number of rotatable bonds is 5. The normalized spacial score (nSPS) is 15.7. The van der Waals surface area contributed by atoms with Crippen molar-refractivity contribution in [3.8, 4) is 11.5 Å². The van der Waals surface area contributed by atoms with Crippen molar-refractivity contribution in [2.24, 2.45) is 0 Å².